The molecular weight excluding hydrogens is 402 g/mol. The van der Waals surface area contributed by atoms with E-state index in [0.717, 1.165) is 17.5 Å². The van der Waals surface area contributed by atoms with Crippen molar-refractivity contribution in [3.8, 4) is 0 Å². The van der Waals surface area contributed by atoms with Gasteiger partial charge in [-0.25, -0.2) is 0 Å². The maximum atomic E-state index is 12.1. The third-order valence-corrected chi connectivity index (χ3v) is 6.56. The number of nitrogens with one attached hydrogen (secondary N) is 1. The molecule has 0 radical (unpaired) electrons. The Labute approximate surface area is 178 Å². The summed E-state index contributed by atoms with van der Waals surface area (Å²) in [6, 6.07) is 16.3. The monoisotopic (exact) mass is 431 g/mol. The molecule has 1 aliphatic carbocycles. The second-order valence-corrected chi connectivity index (χ2v) is 9.41. The van der Waals surface area contributed by atoms with Crippen LogP contribution < -0.4 is 5.32 Å². The van der Waals surface area contributed by atoms with Gasteiger partial charge in [-0.05, 0) is 49.8 Å². The third kappa shape index (κ3) is 6.39. The first-order valence-corrected chi connectivity index (χ1v) is 11.8. The average Bonchev–Trinajstić information content (AvgIpc) is 3.17. The van der Waals surface area contributed by atoms with Gasteiger partial charge in [0.05, 0.1) is 4.90 Å². The van der Waals surface area contributed by atoms with Gasteiger partial charge in [-0.2, -0.15) is 8.42 Å². The molecule has 0 bridgehead atoms. The number of hydrogen-bond donors (Lipinski definition) is 2. The van der Waals surface area contributed by atoms with Gasteiger partial charge in [-0.15, -0.1) is 0 Å². The van der Waals surface area contributed by atoms with Gasteiger partial charge in [0.1, 0.15) is 12.6 Å². The van der Waals surface area contributed by atoms with Crippen molar-refractivity contribution in [1.82, 2.24) is 5.32 Å². The summed E-state index contributed by atoms with van der Waals surface area (Å²) in [5, 5.41) is 3.45. The van der Waals surface area contributed by atoms with Gasteiger partial charge in [0.25, 0.3) is 10.1 Å². The lowest BCUT2D eigenvalue weighted by Crippen LogP contribution is -2.37. The van der Waals surface area contributed by atoms with Crippen LogP contribution in [0, 0.1) is 12.8 Å². The van der Waals surface area contributed by atoms with Crippen molar-refractivity contribution in [2.24, 2.45) is 5.92 Å². The van der Waals surface area contributed by atoms with Crippen LogP contribution in [0.1, 0.15) is 43.2 Å². The first-order chi connectivity index (χ1) is 14.3. The Balaban J connectivity index is 0.000000199. The lowest BCUT2D eigenvalue weighted by Gasteiger charge is -2.24. The van der Waals surface area contributed by atoms with Crippen LogP contribution in [0.4, 0.5) is 0 Å². The highest BCUT2D eigenvalue weighted by molar-refractivity contribution is 7.85. The topological polar surface area (TPSA) is 92.7 Å². The number of rotatable bonds is 4. The zero-order valence-electron chi connectivity index (χ0n) is 17.2. The molecule has 1 aliphatic heterocycles. The van der Waals surface area contributed by atoms with E-state index >= 15 is 0 Å². The summed E-state index contributed by atoms with van der Waals surface area (Å²) in [6.07, 6.45) is 6.04. The van der Waals surface area contributed by atoms with Gasteiger partial charge < -0.3 is 10.1 Å². The lowest BCUT2D eigenvalue weighted by molar-refractivity contribution is -0.147. The highest BCUT2D eigenvalue weighted by Gasteiger charge is 2.38. The maximum Gasteiger partial charge on any atom is 0.323 e. The van der Waals surface area contributed by atoms with Gasteiger partial charge in [0.2, 0.25) is 0 Å². The number of carbonyl (C=O) groups is 1. The molecule has 0 aromatic heterocycles. The number of carbonyl (C=O) groups excluding carboxylic acids is 1. The molecule has 0 spiro atoms. The molecule has 6 nitrogen and oxygen atoms in total. The predicted molar refractivity (Wildman–Crippen MR) is 115 cm³/mol. The normalized spacial score (nSPS) is 23.1. The van der Waals surface area contributed by atoms with Crippen LogP contribution in [0.15, 0.2) is 59.5 Å². The van der Waals surface area contributed by atoms with Crippen LogP contribution in [0.3, 0.4) is 0 Å². The van der Waals surface area contributed by atoms with E-state index in [-0.39, 0.29) is 16.9 Å². The zero-order valence-corrected chi connectivity index (χ0v) is 18.0. The van der Waals surface area contributed by atoms with Gasteiger partial charge in [-0.3, -0.25) is 9.35 Å². The average molecular weight is 432 g/mol. The number of fused-ring (bicyclic) bond motifs is 1. The smallest absolute Gasteiger partial charge is 0.323 e. The maximum absolute atomic E-state index is 12.1. The van der Waals surface area contributed by atoms with Gasteiger partial charge >= 0.3 is 5.97 Å². The Morgan fingerprint density at radius 3 is 2.37 bits per heavy atom. The number of hydrogen-bond acceptors (Lipinski definition) is 5. The van der Waals surface area contributed by atoms with Crippen molar-refractivity contribution in [3.05, 3.63) is 65.7 Å². The molecule has 0 unspecified atom stereocenters. The molecule has 162 valence electrons. The van der Waals surface area contributed by atoms with E-state index in [4.69, 9.17) is 9.29 Å². The lowest BCUT2D eigenvalue weighted by atomic mass is 9.85. The number of benzene rings is 2. The van der Waals surface area contributed by atoms with Gasteiger partial charge in [0, 0.05) is 6.04 Å². The number of aryl methyl sites for hydroxylation is 1. The van der Waals surface area contributed by atoms with Gasteiger partial charge in [-0.1, -0.05) is 60.9 Å². The van der Waals surface area contributed by atoms with Crippen molar-refractivity contribution in [2.45, 2.75) is 62.6 Å². The second-order valence-electron chi connectivity index (χ2n) is 7.99. The fourth-order valence-electron chi connectivity index (χ4n) is 4.04. The van der Waals surface area contributed by atoms with Crippen molar-refractivity contribution in [2.75, 3.05) is 0 Å². The van der Waals surface area contributed by atoms with Crippen LogP contribution >= 0.6 is 0 Å². The fraction of sp³-hybridized carbons (Fsp3) is 0.435. The molecule has 2 aliphatic rings. The Morgan fingerprint density at radius 1 is 1.07 bits per heavy atom. The van der Waals surface area contributed by atoms with Crippen molar-refractivity contribution in [1.29, 1.82) is 0 Å². The predicted octanol–water partition coefficient (Wildman–Crippen LogP) is 3.89. The molecule has 2 N–H and O–H groups in total. The number of ether oxygens (including phenoxy) is 1. The molecule has 4 rings (SSSR count). The summed E-state index contributed by atoms with van der Waals surface area (Å²) in [4.78, 5) is 12.0. The minimum absolute atomic E-state index is 0.0666. The summed E-state index contributed by atoms with van der Waals surface area (Å²) < 4.78 is 35.0. The molecule has 30 heavy (non-hydrogen) atoms. The Bertz CT molecular complexity index is 914. The van der Waals surface area contributed by atoms with E-state index in [2.05, 4.69) is 5.32 Å². The second kappa shape index (κ2) is 10.2. The molecule has 2 aromatic rings. The van der Waals surface area contributed by atoms with Crippen molar-refractivity contribution < 1.29 is 22.5 Å². The minimum atomic E-state index is -4.02. The minimum Gasteiger partial charge on any atom is -0.460 e. The van der Waals surface area contributed by atoms with E-state index < -0.39 is 10.1 Å². The van der Waals surface area contributed by atoms with Crippen molar-refractivity contribution >= 4 is 16.1 Å². The summed E-state index contributed by atoms with van der Waals surface area (Å²) in [6.45, 7) is 2.22. The molecule has 1 heterocycles. The van der Waals surface area contributed by atoms with Gasteiger partial charge in [0.15, 0.2) is 0 Å². The first-order valence-electron chi connectivity index (χ1n) is 10.3. The Morgan fingerprint density at radius 2 is 1.73 bits per heavy atom. The SMILES string of the molecule is Cc1ccc(S(=O)(=O)O)cc1.O=C(OCc1ccccc1)[C@H]1C[C@@H]2CCCC[C@@H]2N1. The van der Waals surface area contributed by atoms with E-state index in [1.54, 1.807) is 12.1 Å². The van der Waals surface area contributed by atoms with Crippen molar-refractivity contribution in [3.63, 3.8) is 0 Å². The molecular formula is C23H29NO5S. The molecule has 1 saturated heterocycles. The molecule has 7 heteroatoms. The molecule has 3 atom stereocenters. The van der Waals surface area contributed by atoms with Crippen LogP contribution in [0.2, 0.25) is 0 Å². The van der Waals surface area contributed by atoms with Crippen LogP contribution in [-0.4, -0.2) is 31.0 Å². The summed E-state index contributed by atoms with van der Waals surface area (Å²) in [7, 11) is -4.02. The fourth-order valence-corrected chi connectivity index (χ4v) is 4.52. The third-order valence-electron chi connectivity index (χ3n) is 5.69. The molecule has 1 saturated carbocycles. The first kappa shape index (κ1) is 22.5. The number of esters is 1. The van der Waals surface area contributed by atoms with E-state index in [0.29, 0.717) is 18.6 Å². The van der Waals surface area contributed by atoms with E-state index in [9.17, 15) is 13.2 Å². The molecule has 2 fully saturated rings. The van der Waals surface area contributed by atoms with E-state index in [1.807, 2.05) is 37.3 Å². The summed E-state index contributed by atoms with van der Waals surface area (Å²) in [5.74, 6) is 0.598. The molecule has 0 amide bonds. The van der Waals surface area contributed by atoms with E-state index in [1.165, 1.54) is 37.8 Å². The Hall–Kier alpha value is -2.22. The standard InChI is InChI=1S/C16H21NO2.C7H8O3S/c18-16(19-11-12-6-2-1-3-7-12)15-10-13-8-4-5-9-14(13)17-15;1-6-2-4-7(5-3-6)11(8,9)10/h1-3,6-7,13-15,17H,4-5,8-11H2;2-5H,1H3,(H,8,9,10)/t13-,14-,15+;/m0./s1. The highest BCUT2D eigenvalue weighted by atomic mass is 32.2. The highest BCUT2D eigenvalue weighted by Crippen LogP contribution is 2.33. The Kier molecular flexibility index (Phi) is 7.64. The summed E-state index contributed by atoms with van der Waals surface area (Å²) >= 11 is 0. The van der Waals surface area contributed by atoms with Crippen LogP contribution in [0.5, 0.6) is 0 Å². The van der Waals surface area contributed by atoms with Crippen LogP contribution in [0.25, 0.3) is 0 Å². The molecule has 2 aromatic carbocycles. The summed E-state index contributed by atoms with van der Waals surface area (Å²) in [5.41, 5.74) is 2.00. The zero-order chi connectivity index (χ0) is 21.6. The van der Waals surface area contributed by atoms with Crippen LogP contribution in [-0.2, 0) is 26.3 Å². The largest absolute Gasteiger partial charge is 0.460 e. The quantitative estimate of drug-likeness (QED) is 0.564.